The molecule has 1 aliphatic carbocycles. The van der Waals surface area contributed by atoms with Gasteiger partial charge in [-0.25, -0.2) is 0 Å². The molecule has 9 heteroatoms. The monoisotopic (exact) mass is 476 g/mol. The Morgan fingerprint density at radius 1 is 1.15 bits per heavy atom. The highest BCUT2D eigenvalue weighted by atomic mass is 19.4. The van der Waals surface area contributed by atoms with Crippen molar-refractivity contribution in [1.82, 2.24) is 14.8 Å². The average Bonchev–Trinajstić information content (AvgIpc) is 3.68. The predicted molar refractivity (Wildman–Crippen MR) is 124 cm³/mol. The zero-order valence-electron chi connectivity index (χ0n) is 19.4. The van der Waals surface area contributed by atoms with E-state index in [9.17, 15) is 18.0 Å². The number of carbonyl (C=O) groups excluding carboxylic acids is 1. The average molecular weight is 477 g/mol. The summed E-state index contributed by atoms with van der Waals surface area (Å²) < 4.78 is 46.2. The Balaban J connectivity index is 1.41. The summed E-state index contributed by atoms with van der Waals surface area (Å²) in [4.78, 5) is 23.4. The number of rotatable bonds is 5. The van der Waals surface area contributed by atoms with E-state index in [1.807, 2.05) is 11.9 Å². The molecule has 5 rings (SSSR count). The quantitative estimate of drug-likeness (QED) is 0.660. The minimum absolute atomic E-state index is 0.0157. The molecule has 2 atom stereocenters. The van der Waals surface area contributed by atoms with Crippen LogP contribution in [-0.4, -0.2) is 79.7 Å². The number of likely N-dealkylation sites (N-methyl/N-ethyl adjacent to an activating group) is 1. The number of morpholine rings is 1. The lowest BCUT2D eigenvalue weighted by Crippen LogP contribution is -2.54. The molecule has 6 nitrogen and oxygen atoms in total. The van der Waals surface area contributed by atoms with Crippen LogP contribution in [0.4, 0.5) is 18.9 Å². The number of aromatic nitrogens is 1. The number of hydrogen-bond donors (Lipinski definition) is 0. The zero-order valence-corrected chi connectivity index (χ0v) is 19.4. The molecule has 0 spiro atoms. The maximum atomic E-state index is 13.6. The van der Waals surface area contributed by atoms with E-state index in [-0.39, 0.29) is 17.5 Å². The Kier molecular flexibility index (Phi) is 6.41. The lowest BCUT2D eigenvalue weighted by molar-refractivity contribution is -0.136. The van der Waals surface area contributed by atoms with Crippen molar-refractivity contribution in [2.75, 3.05) is 57.9 Å². The minimum atomic E-state index is -4.46. The SMILES string of the molecule is CN(C(=O)CN1CCOCC1)[C@H]1C[C@@H](C2CC2)CN(c2ccc(C(F)(F)F)c3ncccc23)C1. The lowest BCUT2D eigenvalue weighted by Gasteiger charge is -2.43. The summed E-state index contributed by atoms with van der Waals surface area (Å²) in [6, 6.07) is 6.14. The minimum Gasteiger partial charge on any atom is -0.379 e. The molecule has 2 aromatic rings. The van der Waals surface area contributed by atoms with Crippen molar-refractivity contribution in [2.45, 2.75) is 31.5 Å². The molecule has 1 aromatic carbocycles. The van der Waals surface area contributed by atoms with E-state index in [0.29, 0.717) is 43.5 Å². The standard InChI is InChI=1S/C25H31F3N4O2/c1-30(23(33)16-31-9-11-34-12-10-31)19-13-18(17-4-5-17)14-32(15-19)22-7-6-21(25(26,27)28)24-20(22)3-2-8-29-24/h2-3,6-8,17-19H,4-5,9-16H2,1H3/t18-,19+/m1/s1. The lowest BCUT2D eigenvalue weighted by atomic mass is 9.88. The number of amides is 1. The molecule has 0 unspecified atom stereocenters. The van der Waals surface area contributed by atoms with Gasteiger partial charge in [-0.3, -0.25) is 14.7 Å². The number of hydrogen-bond acceptors (Lipinski definition) is 5. The number of pyridine rings is 1. The van der Waals surface area contributed by atoms with E-state index >= 15 is 0 Å². The Morgan fingerprint density at radius 2 is 1.91 bits per heavy atom. The zero-order chi connectivity index (χ0) is 23.9. The summed E-state index contributed by atoms with van der Waals surface area (Å²) in [5, 5.41) is 0.509. The van der Waals surface area contributed by atoms with Crippen molar-refractivity contribution in [3.05, 3.63) is 36.0 Å². The molecule has 3 aliphatic rings. The molecule has 1 amide bonds. The number of fused-ring (bicyclic) bond motifs is 1. The largest absolute Gasteiger partial charge is 0.418 e. The van der Waals surface area contributed by atoms with Crippen LogP contribution in [-0.2, 0) is 15.7 Å². The number of nitrogens with zero attached hydrogens (tertiary/aromatic N) is 4. The van der Waals surface area contributed by atoms with Crippen LogP contribution in [0.1, 0.15) is 24.8 Å². The summed E-state index contributed by atoms with van der Waals surface area (Å²) >= 11 is 0. The van der Waals surface area contributed by atoms with Crippen LogP contribution in [0, 0.1) is 11.8 Å². The van der Waals surface area contributed by atoms with Crippen LogP contribution in [0.25, 0.3) is 10.9 Å². The highest BCUT2D eigenvalue weighted by Crippen LogP contribution is 2.44. The van der Waals surface area contributed by atoms with E-state index in [1.165, 1.54) is 19.0 Å². The van der Waals surface area contributed by atoms with Crippen LogP contribution in [0.2, 0.25) is 0 Å². The van der Waals surface area contributed by atoms with Gasteiger partial charge in [0.2, 0.25) is 5.91 Å². The van der Waals surface area contributed by atoms with Crippen molar-refractivity contribution in [1.29, 1.82) is 0 Å². The van der Waals surface area contributed by atoms with Gasteiger partial charge in [-0.05, 0) is 55.4 Å². The van der Waals surface area contributed by atoms with Crippen molar-refractivity contribution in [3.8, 4) is 0 Å². The molecule has 1 aromatic heterocycles. The molecule has 3 heterocycles. The smallest absolute Gasteiger partial charge is 0.379 e. The highest BCUT2D eigenvalue weighted by molar-refractivity contribution is 5.94. The summed E-state index contributed by atoms with van der Waals surface area (Å²) in [7, 11) is 1.87. The predicted octanol–water partition coefficient (Wildman–Crippen LogP) is 3.65. The molecule has 34 heavy (non-hydrogen) atoms. The number of anilines is 1. The van der Waals surface area contributed by atoms with Gasteiger partial charge in [-0.15, -0.1) is 0 Å². The van der Waals surface area contributed by atoms with Gasteiger partial charge in [0, 0.05) is 56.5 Å². The third kappa shape index (κ3) is 4.86. The molecule has 0 bridgehead atoms. The first-order chi connectivity index (χ1) is 16.3. The molecule has 2 saturated heterocycles. The first-order valence-electron chi connectivity index (χ1n) is 12.1. The van der Waals surface area contributed by atoms with Crippen LogP contribution < -0.4 is 4.90 Å². The highest BCUT2D eigenvalue weighted by Gasteiger charge is 2.40. The maximum Gasteiger partial charge on any atom is 0.418 e. The molecular formula is C25H31F3N4O2. The number of ether oxygens (including phenoxy) is 1. The van der Waals surface area contributed by atoms with Crippen LogP contribution in [0.5, 0.6) is 0 Å². The molecular weight excluding hydrogens is 445 g/mol. The molecule has 2 aliphatic heterocycles. The molecule has 3 fully saturated rings. The Bertz CT molecular complexity index is 1040. The number of benzene rings is 1. The van der Waals surface area contributed by atoms with Gasteiger partial charge in [0.15, 0.2) is 0 Å². The number of carbonyl (C=O) groups is 1. The van der Waals surface area contributed by atoms with Crippen molar-refractivity contribution in [3.63, 3.8) is 0 Å². The summed E-state index contributed by atoms with van der Waals surface area (Å²) in [5.74, 6) is 1.14. The van der Waals surface area contributed by atoms with Crippen molar-refractivity contribution >= 4 is 22.5 Å². The fraction of sp³-hybridized carbons (Fsp3) is 0.600. The molecule has 184 valence electrons. The number of alkyl halides is 3. The third-order valence-electron chi connectivity index (χ3n) is 7.55. The fourth-order valence-electron chi connectivity index (χ4n) is 5.42. The molecule has 0 N–H and O–H groups in total. The summed E-state index contributed by atoms with van der Waals surface area (Å²) in [6.07, 6.45) is 0.255. The second-order valence-electron chi connectivity index (χ2n) is 9.81. The van der Waals surface area contributed by atoms with Gasteiger partial charge in [-0.1, -0.05) is 0 Å². The van der Waals surface area contributed by atoms with Gasteiger partial charge in [-0.2, -0.15) is 13.2 Å². The second-order valence-corrected chi connectivity index (χ2v) is 9.81. The maximum absolute atomic E-state index is 13.6. The normalized spacial score (nSPS) is 24.4. The van der Waals surface area contributed by atoms with Gasteiger partial charge in [0.25, 0.3) is 0 Å². The topological polar surface area (TPSA) is 48.9 Å². The van der Waals surface area contributed by atoms with Crippen LogP contribution >= 0.6 is 0 Å². The van der Waals surface area contributed by atoms with E-state index < -0.39 is 11.7 Å². The van der Waals surface area contributed by atoms with E-state index in [2.05, 4.69) is 14.8 Å². The Hall–Kier alpha value is -2.39. The fourth-order valence-corrected chi connectivity index (χ4v) is 5.42. The first kappa shape index (κ1) is 23.4. The van der Waals surface area contributed by atoms with Gasteiger partial charge >= 0.3 is 6.18 Å². The summed E-state index contributed by atoms with van der Waals surface area (Å²) in [5.41, 5.74) is 0.0341. The third-order valence-corrected chi connectivity index (χ3v) is 7.55. The van der Waals surface area contributed by atoms with Crippen molar-refractivity contribution < 1.29 is 22.7 Å². The van der Waals surface area contributed by atoms with Crippen LogP contribution in [0.3, 0.4) is 0 Å². The number of piperidine rings is 1. The number of halogens is 3. The van der Waals surface area contributed by atoms with Crippen molar-refractivity contribution in [2.24, 2.45) is 11.8 Å². The van der Waals surface area contributed by atoms with Crippen LogP contribution in [0.15, 0.2) is 30.5 Å². The van der Waals surface area contributed by atoms with E-state index in [1.54, 1.807) is 18.2 Å². The summed E-state index contributed by atoms with van der Waals surface area (Å²) in [6.45, 7) is 4.57. The molecule has 0 radical (unpaired) electrons. The van der Waals surface area contributed by atoms with Gasteiger partial charge in [0.05, 0.1) is 30.8 Å². The van der Waals surface area contributed by atoms with E-state index in [4.69, 9.17) is 4.74 Å². The Labute approximate surface area is 197 Å². The van der Waals surface area contributed by atoms with Gasteiger partial charge < -0.3 is 14.5 Å². The van der Waals surface area contributed by atoms with Gasteiger partial charge in [0.1, 0.15) is 0 Å². The molecule has 1 saturated carbocycles. The van der Waals surface area contributed by atoms with E-state index in [0.717, 1.165) is 37.8 Å². The Morgan fingerprint density at radius 3 is 2.62 bits per heavy atom. The second kappa shape index (κ2) is 9.34. The first-order valence-corrected chi connectivity index (χ1v) is 12.1.